The van der Waals surface area contributed by atoms with Crippen LogP contribution >= 0.6 is 12.6 Å². The molecule has 3 heteroatoms. The molecule has 1 N–H and O–H groups in total. The third-order valence-electron chi connectivity index (χ3n) is 1.78. The van der Waals surface area contributed by atoms with E-state index in [9.17, 15) is 0 Å². The van der Waals surface area contributed by atoms with Crippen LogP contribution in [0.15, 0.2) is 29.2 Å². The van der Waals surface area contributed by atoms with E-state index in [-0.39, 0.29) is 0 Å². The van der Waals surface area contributed by atoms with Crippen molar-refractivity contribution in [3.8, 4) is 0 Å². The number of nitrogens with zero attached hydrogens (tertiary/aromatic N) is 1. The van der Waals surface area contributed by atoms with Crippen molar-refractivity contribution in [2.45, 2.75) is 4.90 Å². The average Bonchev–Trinajstić information content (AvgIpc) is 2.08. The SMILES string of the molecule is CN(C)CCNc1ccccc1S. The molecular formula is C10H16N2S. The van der Waals surface area contributed by atoms with Crippen LogP contribution in [0.4, 0.5) is 5.69 Å². The highest BCUT2D eigenvalue weighted by molar-refractivity contribution is 7.80. The second-order valence-corrected chi connectivity index (χ2v) is 3.73. The summed E-state index contributed by atoms with van der Waals surface area (Å²) in [6.07, 6.45) is 0. The second-order valence-electron chi connectivity index (χ2n) is 3.25. The van der Waals surface area contributed by atoms with Gasteiger partial charge in [0.1, 0.15) is 0 Å². The van der Waals surface area contributed by atoms with E-state index in [4.69, 9.17) is 0 Å². The van der Waals surface area contributed by atoms with Gasteiger partial charge in [0.2, 0.25) is 0 Å². The fourth-order valence-corrected chi connectivity index (χ4v) is 1.28. The zero-order valence-corrected chi connectivity index (χ0v) is 9.01. The fraction of sp³-hybridized carbons (Fsp3) is 0.400. The molecule has 0 spiro atoms. The molecule has 0 saturated heterocycles. The monoisotopic (exact) mass is 196 g/mol. The molecule has 0 aliphatic heterocycles. The van der Waals surface area contributed by atoms with Gasteiger partial charge >= 0.3 is 0 Å². The molecule has 2 nitrogen and oxygen atoms in total. The number of hydrogen-bond donors (Lipinski definition) is 2. The van der Waals surface area contributed by atoms with Gasteiger partial charge in [0.05, 0.1) is 0 Å². The largest absolute Gasteiger partial charge is 0.383 e. The Hall–Kier alpha value is -0.670. The molecule has 0 bridgehead atoms. The van der Waals surface area contributed by atoms with E-state index >= 15 is 0 Å². The minimum absolute atomic E-state index is 0.949. The number of hydrogen-bond acceptors (Lipinski definition) is 3. The minimum atomic E-state index is 0.949. The van der Waals surface area contributed by atoms with Crippen molar-refractivity contribution in [2.24, 2.45) is 0 Å². The van der Waals surface area contributed by atoms with Crippen LogP contribution in [0.25, 0.3) is 0 Å². The van der Waals surface area contributed by atoms with Gasteiger partial charge in [-0.25, -0.2) is 0 Å². The van der Waals surface area contributed by atoms with Crippen LogP contribution in [0, 0.1) is 0 Å². The van der Waals surface area contributed by atoms with Crippen molar-refractivity contribution in [2.75, 3.05) is 32.5 Å². The fourth-order valence-electron chi connectivity index (χ4n) is 1.04. The molecule has 0 atom stereocenters. The first-order chi connectivity index (χ1) is 6.20. The number of rotatable bonds is 4. The topological polar surface area (TPSA) is 15.3 Å². The van der Waals surface area contributed by atoms with Gasteiger partial charge in [0.15, 0.2) is 0 Å². The molecule has 0 fully saturated rings. The van der Waals surface area contributed by atoms with Crippen LogP contribution in [0.1, 0.15) is 0 Å². The summed E-state index contributed by atoms with van der Waals surface area (Å²) in [4.78, 5) is 3.15. The molecule has 0 aliphatic carbocycles. The first-order valence-corrected chi connectivity index (χ1v) is 4.81. The Morgan fingerprint density at radius 2 is 2.00 bits per heavy atom. The summed E-state index contributed by atoms with van der Waals surface area (Å²) in [6, 6.07) is 8.02. The summed E-state index contributed by atoms with van der Waals surface area (Å²) in [6.45, 7) is 1.98. The van der Waals surface area contributed by atoms with E-state index in [0.717, 1.165) is 23.7 Å². The summed E-state index contributed by atoms with van der Waals surface area (Å²) in [5, 5.41) is 3.33. The van der Waals surface area contributed by atoms with E-state index in [0.29, 0.717) is 0 Å². The molecule has 0 radical (unpaired) electrons. The standard InChI is InChI=1S/C10H16N2S/c1-12(2)8-7-11-9-5-3-4-6-10(9)13/h3-6,11,13H,7-8H2,1-2H3. The molecule has 0 amide bonds. The highest BCUT2D eigenvalue weighted by Crippen LogP contribution is 2.17. The molecule has 0 heterocycles. The Balaban J connectivity index is 2.41. The Morgan fingerprint density at radius 3 is 2.62 bits per heavy atom. The molecule has 0 aliphatic rings. The lowest BCUT2D eigenvalue weighted by Crippen LogP contribution is -2.20. The first kappa shape index (κ1) is 10.4. The predicted octanol–water partition coefficient (Wildman–Crippen LogP) is 1.95. The van der Waals surface area contributed by atoms with Crippen LogP contribution < -0.4 is 5.32 Å². The Labute approximate surface area is 85.4 Å². The van der Waals surface area contributed by atoms with Crippen molar-refractivity contribution in [1.29, 1.82) is 0 Å². The molecular weight excluding hydrogens is 180 g/mol. The molecule has 1 aromatic carbocycles. The molecule has 0 saturated carbocycles. The van der Waals surface area contributed by atoms with Crippen LogP contribution in [-0.2, 0) is 0 Å². The highest BCUT2D eigenvalue weighted by atomic mass is 32.1. The molecule has 1 aromatic rings. The quantitative estimate of drug-likeness (QED) is 0.716. The van der Waals surface area contributed by atoms with E-state index in [1.54, 1.807) is 0 Å². The molecule has 13 heavy (non-hydrogen) atoms. The zero-order chi connectivity index (χ0) is 9.68. The van der Waals surface area contributed by atoms with Gasteiger partial charge < -0.3 is 10.2 Å². The zero-order valence-electron chi connectivity index (χ0n) is 8.12. The summed E-state index contributed by atoms with van der Waals surface area (Å²) < 4.78 is 0. The van der Waals surface area contributed by atoms with Gasteiger partial charge in [-0.3, -0.25) is 0 Å². The maximum Gasteiger partial charge on any atom is 0.0476 e. The van der Waals surface area contributed by atoms with Crippen LogP contribution in [-0.4, -0.2) is 32.1 Å². The summed E-state index contributed by atoms with van der Waals surface area (Å²) >= 11 is 4.35. The number of anilines is 1. The van der Waals surface area contributed by atoms with Crippen molar-refractivity contribution in [3.05, 3.63) is 24.3 Å². The number of para-hydroxylation sites is 1. The Kier molecular flexibility index (Phi) is 4.12. The summed E-state index contributed by atoms with van der Waals surface area (Å²) in [5.41, 5.74) is 1.10. The third-order valence-corrected chi connectivity index (χ3v) is 2.17. The minimum Gasteiger partial charge on any atom is -0.383 e. The highest BCUT2D eigenvalue weighted by Gasteiger charge is 1.95. The van der Waals surface area contributed by atoms with Gasteiger partial charge in [-0.1, -0.05) is 12.1 Å². The Bertz CT molecular complexity index is 261. The van der Waals surface area contributed by atoms with Gasteiger partial charge in [-0.05, 0) is 26.2 Å². The van der Waals surface area contributed by atoms with Gasteiger partial charge in [0, 0.05) is 23.7 Å². The molecule has 72 valence electrons. The lowest BCUT2D eigenvalue weighted by molar-refractivity contribution is 0.425. The molecule has 0 aromatic heterocycles. The smallest absolute Gasteiger partial charge is 0.0476 e. The van der Waals surface area contributed by atoms with Crippen molar-refractivity contribution in [3.63, 3.8) is 0 Å². The molecule has 0 unspecified atom stereocenters. The summed E-state index contributed by atoms with van der Waals surface area (Å²) in [7, 11) is 4.13. The van der Waals surface area contributed by atoms with E-state index in [1.807, 2.05) is 24.3 Å². The number of benzene rings is 1. The number of likely N-dealkylation sites (N-methyl/N-ethyl adjacent to an activating group) is 1. The first-order valence-electron chi connectivity index (χ1n) is 4.37. The predicted molar refractivity (Wildman–Crippen MR) is 60.7 cm³/mol. The van der Waals surface area contributed by atoms with E-state index < -0.39 is 0 Å². The molecule has 1 rings (SSSR count). The van der Waals surface area contributed by atoms with Crippen LogP contribution in [0.5, 0.6) is 0 Å². The normalized spacial score (nSPS) is 10.5. The number of nitrogens with one attached hydrogen (secondary N) is 1. The second kappa shape index (κ2) is 5.14. The maximum atomic E-state index is 4.35. The average molecular weight is 196 g/mol. The maximum absolute atomic E-state index is 4.35. The van der Waals surface area contributed by atoms with E-state index in [2.05, 4.69) is 36.9 Å². The van der Waals surface area contributed by atoms with Gasteiger partial charge in [0.25, 0.3) is 0 Å². The lowest BCUT2D eigenvalue weighted by Gasteiger charge is -2.12. The van der Waals surface area contributed by atoms with Crippen LogP contribution in [0.3, 0.4) is 0 Å². The summed E-state index contributed by atoms with van der Waals surface area (Å²) in [5.74, 6) is 0. The van der Waals surface area contributed by atoms with Gasteiger partial charge in [-0.15, -0.1) is 12.6 Å². The van der Waals surface area contributed by atoms with Crippen LogP contribution in [0.2, 0.25) is 0 Å². The third kappa shape index (κ3) is 3.70. The number of thiol groups is 1. The van der Waals surface area contributed by atoms with Crippen molar-refractivity contribution < 1.29 is 0 Å². The van der Waals surface area contributed by atoms with Crippen molar-refractivity contribution in [1.82, 2.24) is 4.90 Å². The Morgan fingerprint density at radius 1 is 1.31 bits per heavy atom. The van der Waals surface area contributed by atoms with Gasteiger partial charge in [-0.2, -0.15) is 0 Å². The van der Waals surface area contributed by atoms with Crippen molar-refractivity contribution >= 4 is 18.3 Å². The van der Waals surface area contributed by atoms with E-state index in [1.165, 1.54) is 0 Å². The lowest BCUT2D eigenvalue weighted by atomic mass is 10.3.